The fraction of sp³-hybridized carbons (Fsp3) is 0.188. The van der Waals surface area contributed by atoms with Gasteiger partial charge in [-0.3, -0.25) is 4.79 Å². The summed E-state index contributed by atoms with van der Waals surface area (Å²) in [6.07, 6.45) is 0. The Balaban J connectivity index is 2.28. The lowest BCUT2D eigenvalue weighted by Gasteiger charge is -2.18. The minimum atomic E-state index is -0.633. The summed E-state index contributed by atoms with van der Waals surface area (Å²) < 4.78 is 5.15. The van der Waals surface area contributed by atoms with Gasteiger partial charge in [0, 0.05) is 11.3 Å². The zero-order chi connectivity index (χ0) is 15.2. The molecule has 1 amide bonds. The lowest BCUT2D eigenvalue weighted by molar-refractivity contribution is -0.118. The molecule has 0 spiro atoms. The minimum absolute atomic E-state index is 0.148. The molecule has 2 aromatic rings. The third-order valence-electron chi connectivity index (χ3n) is 3.18. The van der Waals surface area contributed by atoms with Gasteiger partial charge in [-0.1, -0.05) is 30.3 Å². The first-order valence-corrected chi connectivity index (χ1v) is 6.54. The van der Waals surface area contributed by atoms with E-state index in [0.29, 0.717) is 17.0 Å². The summed E-state index contributed by atoms with van der Waals surface area (Å²) in [5.74, 6) is 0.126. The van der Waals surface area contributed by atoms with Crippen LogP contribution in [0.1, 0.15) is 17.2 Å². The van der Waals surface area contributed by atoms with E-state index >= 15 is 0 Å². The number of benzene rings is 2. The van der Waals surface area contributed by atoms with Crippen molar-refractivity contribution in [2.24, 2.45) is 5.73 Å². The smallest absolute Gasteiger partial charge is 0.244 e. The average Bonchev–Trinajstić information content (AvgIpc) is 2.52. The molecule has 5 nitrogen and oxygen atoms in total. The van der Waals surface area contributed by atoms with Crippen molar-refractivity contribution in [2.75, 3.05) is 12.4 Å². The SMILES string of the molecule is COc1ccc(NC(C(N)=O)c2ccccc2)cc1CO. The van der Waals surface area contributed by atoms with Crippen LogP contribution in [0.15, 0.2) is 48.5 Å². The summed E-state index contributed by atoms with van der Waals surface area (Å²) >= 11 is 0. The van der Waals surface area contributed by atoms with E-state index in [4.69, 9.17) is 10.5 Å². The molecule has 0 aromatic heterocycles. The van der Waals surface area contributed by atoms with E-state index < -0.39 is 11.9 Å². The molecule has 0 bridgehead atoms. The van der Waals surface area contributed by atoms with Gasteiger partial charge in [-0.2, -0.15) is 0 Å². The Kier molecular flexibility index (Phi) is 4.79. The van der Waals surface area contributed by atoms with E-state index in [2.05, 4.69) is 5.32 Å². The van der Waals surface area contributed by atoms with Crippen molar-refractivity contribution in [1.29, 1.82) is 0 Å². The summed E-state index contributed by atoms with van der Waals surface area (Å²) in [6, 6.07) is 13.8. The number of ether oxygens (including phenoxy) is 1. The Morgan fingerprint density at radius 2 is 2.00 bits per heavy atom. The van der Waals surface area contributed by atoms with Crippen LogP contribution in [-0.2, 0) is 11.4 Å². The average molecular weight is 286 g/mol. The minimum Gasteiger partial charge on any atom is -0.496 e. The van der Waals surface area contributed by atoms with E-state index in [0.717, 1.165) is 5.56 Å². The van der Waals surface area contributed by atoms with E-state index in [1.165, 1.54) is 7.11 Å². The van der Waals surface area contributed by atoms with Crippen LogP contribution in [0.25, 0.3) is 0 Å². The summed E-state index contributed by atoms with van der Waals surface area (Å²) in [4.78, 5) is 11.7. The van der Waals surface area contributed by atoms with Crippen molar-refractivity contribution in [3.8, 4) is 5.75 Å². The summed E-state index contributed by atoms with van der Waals surface area (Å²) in [5.41, 5.74) is 7.58. The molecular formula is C16H18N2O3. The molecule has 2 rings (SSSR count). The first-order chi connectivity index (χ1) is 10.2. The van der Waals surface area contributed by atoms with E-state index in [1.807, 2.05) is 30.3 Å². The van der Waals surface area contributed by atoms with Gasteiger partial charge >= 0.3 is 0 Å². The highest BCUT2D eigenvalue weighted by atomic mass is 16.5. The van der Waals surface area contributed by atoms with E-state index in [-0.39, 0.29) is 6.61 Å². The molecule has 0 radical (unpaired) electrons. The van der Waals surface area contributed by atoms with Gasteiger partial charge in [0.25, 0.3) is 0 Å². The number of primary amides is 1. The Morgan fingerprint density at radius 1 is 1.29 bits per heavy atom. The highest BCUT2D eigenvalue weighted by molar-refractivity contribution is 5.84. The number of anilines is 1. The number of methoxy groups -OCH3 is 1. The lowest BCUT2D eigenvalue weighted by atomic mass is 10.1. The number of rotatable bonds is 6. The Labute approximate surface area is 123 Å². The number of aliphatic hydroxyl groups is 1. The van der Waals surface area contributed by atoms with Crippen LogP contribution >= 0.6 is 0 Å². The van der Waals surface area contributed by atoms with E-state index in [9.17, 15) is 9.90 Å². The van der Waals surface area contributed by atoms with Crippen molar-refractivity contribution in [3.05, 3.63) is 59.7 Å². The molecule has 1 unspecified atom stereocenters. The van der Waals surface area contributed by atoms with Crippen molar-refractivity contribution in [1.82, 2.24) is 0 Å². The Bertz CT molecular complexity index is 614. The molecule has 4 N–H and O–H groups in total. The molecule has 0 saturated carbocycles. The van der Waals surface area contributed by atoms with Gasteiger partial charge in [0.15, 0.2) is 0 Å². The molecule has 2 aromatic carbocycles. The normalized spacial score (nSPS) is 11.7. The second-order valence-electron chi connectivity index (χ2n) is 4.58. The standard InChI is InChI=1S/C16H18N2O3/c1-21-14-8-7-13(9-12(14)10-19)18-15(16(17)20)11-5-3-2-4-6-11/h2-9,15,18-19H,10H2,1H3,(H2,17,20). The molecule has 0 fully saturated rings. The molecule has 110 valence electrons. The van der Waals surface area contributed by atoms with Crippen molar-refractivity contribution < 1.29 is 14.6 Å². The number of nitrogens with one attached hydrogen (secondary N) is 1. The van der Waals surface area contributed by atoms with Gasteiger partial charge in [-0.25, -0.2) is 0 Å². The molecule has 1 atom stereocenters. The van der Waals surface area contributed by atoms with Gasteiger partial charge < -0.3 is 20.9 Å². The molecule has 0 heterocycles. The first kappa shape index (κ1) is 14.9. The Hall–Kier alpha value is -2.53. The monoisotopic (exact) mass is 286 g/mol. The van der Waals surface area contributed by atoms with Crippen LogP contribution in [0.5, 0.6) is 5.75 Å². The molecule has 0 aliphatic heterocycles. The highest BCUT2D eigenvalue weighted by Crippen LogP contribution is 2.25. The quantitative estimate of drug-likeness (QED) is 0.756. The number of amides is 1. The third-order valence-corrected chi connectivity index (χ3v) is 3.18. The molecule has 5 heteroatoms. The topological polar surface area (TPSA) is 84.6 Å². The maximum absolute atomic E-state index is 11.7. The fourth-order valence-electron chi connectivity index (χ4n) is 2.12. The number of hydrogen-bond acceptors (Lipinski definition) is 4. The van der Waals surface area contributed by atoms with Crippen molar-refractivity contribution in [3.63, 3.8) is 0 Å². The second-order valence-corrected chi connectivity index (χ2v) is 4.58. The van der Waals surface area contributed by atoms with Crippen molar-refractivity contribution in [2.45, 2.75) is 12.6 Å². The van der Waals surface area contributed by atoms with E-state index in [1.54, 1.807) is 18.2 Å². The number of carbonyl (C=O) groups is 1. The predicted octanol–water partition coefficient (Wildman–Crippen LogP) is 1.83. The third kappa shape index (κ3) is 3.52. The van der Waals surface area contributed by atoms with Crippen LogP contribution in [0.4, 0.5) is 5.69 Å². The van der Waals surface area contributed by atoms with Gasteiger partial charge in [0.1, 0.15) is 11.8 Å². The molecular weight excluding hydrogens is 268 g/mol. The summed E-state index contributed by atoms with van der Waals surface area (Å²) in [5, 5.41) is 12.4. The van der Waals surface area contributed by atoms with Gasteiger partial charge in [-0.05, 0) is 23.8 Å². The lowest BCUT2D eigenvalue weighted by Crippen LogP contribution is -2.27. The largest absolute Gasteiger partial charge is 0.496 e. The van der Waals surface area contributed by atoms with Crippen LogP contribution in [0.2, 0.25) is 0 Å². The van der Waals surface area contributed by atoms with Gasteiger partial charge in [0.2, 0.25) is 5.91 Å². The fourth-order valence-corrected chi connectivity index (χ4v) is 2.12. The predicted molar refractivity (Wildman–Crippen MR) is 80.9 cm³/mol. The molecule has 21 heavy (non-hydrogen) atoms. The summed E-state index contributed by atoms with van der Waals surface area (Å²) in [7, 11) is 1.54. The number of carbonyl (C=O) groups excluding carboxylic acids is 1. The molecule has 0 aliphatic rings. The molecule has 0 aliphatic carbocycles. The number of nitrogens with two attached hydrogens (primary N) is 1. The van der Waals surface area contributed by atoms with Crippen LogP contribution in [0, 0.1) is 0 Å². The van der Waals surface area contributed by atoms with Crippen LogP contribution < -0.4 is 15.8 Å². The van der Waals surface area contributed by atoms with Crippen LogP contribution in [-0.4, -0.2) is 18.1 Å². The van der Waals surface area contributed by atoms with Crippen molar-refractivity contribution >= 4 is 11.6 Å². The summed E-state index contributed by atoms with van der Waals surface area (Å²) in [6.45, 7) is -0.148. The molecule has 0 saturated heterocycles. The maximum Gasteiger partial charge on any atom is 0.244 e. The maximum atomic E-state index is 11.7. The highest BCUT2D eigenvalue weighted by Gasteiger charge is 2.17. The second kappa shape index (κ2) is 6.76. The zero-order valence-electron chi connectivity index (χ0n) is 11.7. The number of aliphatic hydroxyl groups excluding tert-OH is 1. The van der Waals surface area contributed by atoms with Crippen LogP contribution in [0.3, 0.4) is 0 Å². The van der Waals surface area contributed by atoms with Gasteiger partial charge in [-0.15, -0.1) is 0 Å². The zero-order valence-corrected chi connectivity index (χ0v) is 11.7. The Morgan fingerprint density at radius 3 is 2.57 bits per heavy atom. The first-order valence-electron chi connectivity index (χ1n) is 6.54. The number of hydrogen-bond donors (Lipinski definition) is 3. The van der Waals surface area contributed by atoms with Gasteiger partial charge in [0.05, 0.1) is 13.7 Å².